The summed E-state index contributed by atoms with van der Waals surface area (Å²) in [5, 5.41) is 22.4. The van der Waals surface area contributed by atoms with Crippen LogP contribution in [0.15, 0.2) is 42.2 Å². The van der Waals surface area contributed by atoms with Gasteiger partial charge < -0.3 is 5.11 Å². The van der Waals surface area contributed by atoms with Crippen LogP contribution in [-0.2, 0) is 23.7 Å². The molecule has 1 saturated carbocycles. The first kappa shape index (κ1) is 18.7. The lowest BCUT2D eigenvalue weighted by molar-refractivity contribution is -0.124. The molecule has 3 atom stereocenters. The Morgan fingerprint density at radius 2 is 2.03 bits per heavy atom. The third-order valence-electron chi connectivity index (χ3n) is 6.80. The van der Waals surface area contributed by atoms with Crippen LogP contribution >= 0.6 is 0 Å². The number of nitrogens with zero attached hydrogens (tertiary/aromatic N) is 6. The van der Waals surface area contributed by atoms with E-state index in [0.717, 1.165) is 41.9 Å². The van der Waals surface area contributed by atoms with E-state index in [-0.39, 0.29) is 23.0 Å². The van der Waals surface area contributed by atoms with E-state index in [1.807, 2.05) is 41.8 Å². The van der Waals surface area contributed by atoms with Gasteiger partial charge in [0.25, 0.3) is 5.95 Å². The number of rotatable bonds is 2. The molecule has 0 saturated heterocycles. The number of hydrogen-bond acceptors (Lipinski definition) is 6. The molecule has 8 heteroatoms. The monoisotopic (exact) mass is 404 g/mol. The highest BCUT2D eigenvalue weighted by atomic mass is 16.2. The molecular weight excluding hydrogens is 380 g/mol. The highest BCUT2D eigenvalue weighted by Crippen LogP contribution is 2.53. The molecule has 2 aliphatic rings. The minimum Gasteiger partial charge on any atom is -0.515 e. The standard InChI is InChI=1S/C22H24N6O2/c1-13-16-9-10-17-19(22(16,2)11-15(12-29)18(13)30)23-20(14-7-5-4-6-8-14)28(17)21-24-26-27(3)25-21/h4-8,12-13,16,29H,9-11H2,1-3H3/b15-12-/t13-,16-,22-/m1/s1. The summed E-state index contributed by atoms with van der Waals surface area (Å²) >= 11 is 0. The Hall–Kier alpha value is -3.29. The zero-order valence-corrected chi connectivity index (χ0v) is 17.3. The Morgan fingerprint density at radius 1 is 1.27 bits per heavy atom. The van der Waals surface area contributed by atoms with Gasteiger partial charge in [-0.15, -0.1) is 5.10 Å². The molecule has 1 fully saturated rings. The molecule has 3 aromatic rings. The zero-order chi connectivity index (χ0) is 21.0. The van der Waals surface area contributed by atoms with Crippen LogP contribution in [0.4, 0.5) is 0 Å². The Balaban J connectivity index is 1.75. The smallest absolute Gasteiger partial charge is 0.276 e. The van der Waals surface area contributed by atoms with Crippen molar-refractivity contribution in [1.29, 1.82) is 0 Å². The summed E-state index contributed by atoms with van der Waals surface area (Å²) in [5.41, 5.74) is 3.11. The lowest BCUT2D eigenvalue weighted by atomic mass is 9.56. The molecule has 8 nitrogen and oxygen atoms in total. The number of allylic oxidation sites excluding steroid dienone is 1. The van der Waals surface area contributed by atoms with Gasteiger partial charge in [0.05, 0.1) is 24.7 Å². The number of tetrazole rings is 1. The summed E-state index contributed by atoms with van der Waals surface area (Å²) in [6.07, 6.45) is 3.11. The molecule has 0 unspecified atom stereocenters. The van der Waals surface area contributed by atoms with Gasteiger partial charge >= 0.3 is 0 Å². The first-order chi connectivity index (χ1) is 14.4. The Morgan fingerprint density at radius 3 is 2.70 bits per heavy atom. The van der Waals surface area contributed by atoms with E-state index >= 15 is 0 Å². The summed E-state index contributed by atoms with van der Waals surface area (Å²) < 4.78 is 2.00. The molecule has 1 N–H and O–H groups in total. The van der Waals surface area contributed by atoms with E-state index in [9.17, 15) is 9.90 Å². The summed E-state index contributed by atoms with van der Waals surface area (Å²) in [6.45, 7) is 4.14. The van der Waals surface area contributed by atoms with Crippen LogP contribution in [-0.4, -0.2) is 40.6 Å². The maximum atomic E-state index is 12.7. The number of Topliss-reactive ketones (excluding diaryl/α,β-unsaturated/α-hetero) is 1. The van der Waals surface area contributed by atoms with Gasteiger partial charge in [-0.2, -0.15) is 4.80 Å². The number of imidazole rings is 1. The Bertz CT molecular complexity index is 1160. The summed E-state index contributed by atoms with van der Waals surface area (Å²) in [7, 11) is 1.74. The molecule has 0 spiro atoms. The first-order valence-corrected chi connectivity index (χ1v) is 10.2. The second-order valence-electron chi connectivity index (χ2n) is 8.56. The topological polar surface area (TPSA) is 98.7 Å². The number of hydrogen-bond donors (Lipinski definition) is 1. The molecule has 0 amide bonds. The number of fused-ring (bicyclic) bond motifs is 3. The largest absolute Gasteiger partial charge is 0.515 e. The molecule has 2 aromatic heterocycles. The minimum atomic E-state index is -0.355. The van der Waals surface area contributed by atoms with Crippen LogP contribution in [0.25, 0.3) is 17.3 Å². The molecule has 0 aliphatic heterocycles. The predicted octanol–water partition coefficient (Wildman–Crippen LogP) is 2.93. The second kappa shape index (κ2) is 6.62. The van der Waals surface area contributed by atoms with E-state index in [0.29, 0.717) is 17.9 Å². The van der Waals surface area contributed by atoms with E-state index in [1.165, 1.54) is 4.80 Å². The van der Waals surface area contributed by atoms with Crippen molar-refractivity contribution in [3.63, 3.8) is 0 Å². The number of aryl methyl sites for hydroxylation is 1. The zero-order valence-electron chi connectivity index (χ0n) is 17.3. The molecule has 154 valence electrons. The van der Waals surface area contributed by atoms with Crippen molar-refractivity contribution in [3.05, 3.63) is 53.6 Å². The van der Waals surface area contributed by atoms with Crippen LogP contribution in [0.5, 0.6) is 0 Å². The number of carbonyl (C=O) groups is 1. The van der Waals surface area contributed by atoms with Crippen LogP contribution in [0.2, 0.25) is 0 Å². The number of ketones is 1. The van der Waals surface area contributed by atoms with Crippen molar-refractivity contribution in [2.24, 2.45) is 18.9 Å². The van der Waals surface area contributed by atoms with Crippen LogP contribution in [0, 0.1) is 11.8 Å². The van der Waals surface area contributed by atoms with E-state index in [4.69, 9.17) is 4.98 Å². The van der Waals surface area contributed by atoms with Crippen molar-refractivity contribution >= 4 is 5.78 Å². The van der Waals surface area contributed by atoms with Gasteiger partial charge in [0.1, 0.15) is 5.82 Å². The number of aliphatic hydroxyl groups is 1. The van der Waals surface area contributed by atoms with Crippen LogP contribution in [0.3, 0.4) is 0 Å². The maximum absolute atomic E-state index is 12.7. The van der Waals surface area contributed by atoms with Crippen LogP contribution in [0.1, 0.15) is 38.1 Å². The summed E-state index contributed by atoms with van der Waals surface area (Å²) in [6, 6.07) is 9.98. The first-order valence-electron chi connectivity index (χ1n) is 10.2. The third kappa shape index (κ3) is 2.56. The fourth-order valence-electron chi connectivity index (χ4n) is 5.37. The van der Waals surface area contributed by atoms with Gasteiger partial charge in [-0.25, -0.2) is 4.98 Å². The van der Waals surface area contributed by atoms with E-state index in [1.54, 1.807) is 7.05 Å². The molecular formula is C22H24N6O2. The van der Waals surface area contributed by atoms with Crippen molar-refractivity contribution in [1.82, 2.24) is 29.8 Å². The quantitative estimate of drug-likeness (QED) is 0.521. The van der Waals surface area contributed by atoms with Gasteiger partial charge in [-0.1, -0.05) is 49.3 Å². The number of aliphatic hydroxyl groups excluding tert-OH is 1. The number of aromatic nitrogens is 6. The average Bonchev–Trinajstić information content (AvgIpc) is 3.35. The highest BCUT2D eigenvalue weighted by Gasteiger charge is 2.52. The van der Waals surface area contributed by atoms with Gasteiger partial charge in [0.2, 0.25) is 0 Å². The van der Waals surface area contributed by atoms with E-state index in [2.05, 4.69) is 22.3 Å². The molecule has 0 radical (unpaired) electrons. The lowest BCUT2D eigenvalue weighted by Gasteiger charge is -2.47. The van der Waals surface area contributed by atoms with Crippen molar-refractivity contribution in [3.8, 4) is 17.3 Å². The number of benzene rings is 1. The summed E-state index contributed by atoms with van der Waals surface area (Å²) in [5.74, 6) is 1.32. The van der Waals surface area contributed by atoms with Crippen molar-refractivity contribution < 1.29 is 9.90 Å². The predicted molar refractivity (Wildman–Crippen MR) is 110 cm³/mol. The lowest BCUT2D eigenvalue weighted by Crippen LogP contribution is -2.48. The molecule has 1 aromatic carbocycles. The van der Waals surface area contributed by atoms with Gasteiger partial charge in [0.15, 0.2) is 5.78 Å². The van der Waals surface area contributed by atoms with Gasteiger partial charge in [0, 0.05) is 22.5 Å². The maximum Gasteiger partial charge on any atom is 0.276 e. The highest BCUT2D eigenvalue weighted by molar-refractivity contribution is 5.98. The molecule has 5 rings (SSSR count). The SMILES string of the molecule is C[C@H]1C(=O)/C(=C\O)C[C@@]2(C)c3nc(-c4ccccc4)n(-c4nnn(C)n4)c3CC[C@H]12. The summed E-state index contributed by atoms with van der Waals surface area (Å²) in [4.78, 5) is 19.3. The van der Waals surface area contributed by atoms with Crippen molar-refractivity contribution in [2.75, 3.05) is 0 Å². The third-order valence-corrected chi connectivity index (χ3v) is 6.80. The fraction of sp³-hybridized carbons (Fsp3) is 0.409. The second-order valence-corrected chi connectivity index (χ2v) is 8.56. The van der Waals surface area contributed by atoms with Gasteiger partial charge in [-0.05, 0) is 30.4 Å². The van der Waals surface area contributed by atoms with Crippen LogP contribution < -0.4 is 0 Å². The average molecular weight is 404 g/mol. The normalized spacial score (nSPS) is 27.2. The molecule has 30 heavy (non-hydrogen) atoms. The Labute approximate surface area is 174 Å². The Kier molecular flexibility index (Phi) is 4.13. The van der Waals surface area contributed by atoms with Crippen molar-refractivity contribution in [2.45, 2.75) is 38.5 Å². The minimum absolute atomic E-state index is 0.0433. The van der Waals surface area contributed by atoms with Gasteiger partial charge in [-0.3, -0.25) is 9.36 Å². The molecule has 2 aliphatic carbocycles. The van der Waals surface area contributed by atoms with E-state index < -0.39 is 0 Å². The number of carbonyl (C=O) groups excluding carboxylic acids is 1. The molecule has 0 bridgehead atoms. The molecule has 2 heterocycles. The fourth-order valence-corrected chi connectivity index (χ4v) is 5.37.